The zero-order valence-electron chi connectivity index (χ0n) is 4.47. The third-order valence-electron chi connectivity index (χ3n) is 1.14. The van der Waals surface area contributed by atoms with Crippen LogP contribution in [0.1, 0.15) is 0 Å². The third kappa shape index (κ3) is 0.598. The highest BCUT2D eigenvalue weighted by Crippen LogP contribution is 2.12. The Morgan fingerprint density at radius 1 is 1.44 bits per heavy atom. The highest BCUT2D eigenvalue weighted by Gasteiger charge is 1.94. The van der Waals surface area contributed by atoms with Crippen molar-refractivity contribution in [3.8, 4) is 0 Å². The number of thiophene rings is 1. The first-order valence-electron chi connectivity index (χ1n) is 2.52. The van der Waals surface area contributed by atoms with Crippen molar-refractivity contribution in [1.82, 2.24) is 9.97 Å². The molecule has 2 heterocycles. The molecular weight excluding hydrogens is 136 g/mol. The van der Waals surface area contributed by atoms with Crippen molar-refractivity contribution >= 4 is 21.7 Å². The molecule has 9 heavy (non-hydrogen) atoms. The number of aromatic amines is 2. The largest absolute Gasteiger partial charge is 0.324 e. The quantitative estimate of drug-likeness (QED) is 0.561. The first-order valence-corrected chi connectivity index (χ1v) is 3.40. The number of rotatable bonds is 0. The molecule has 0 saturated heterocycles. The molecule has 2 aromatic rings. The van der Waals surface area contributed by atoms with Crippen LogP contribution in [-0.4, -0.2) is 9.97 Å². The van der Waals surface area contributed by atoms with Crippen molar-refractivity contribution in [2.45, 2.75) is 0 Å². The van der Waals surface area contributed by atoms with Crippen molar-refractivity contribution < 1.29 is 0 Å². The van der Waals surface area contributed by atoms with Crippen LogP contribution in [0, 0.1) is 0 Å². The molecule has 3 nitrogen and oxygen atoms in total. The summed E-state index contributed by atoms with van der Waals surface area (Å²) in [7, 11) is 0. The molecule has 0 aliphatic carbocycles. The van der Waals surface area contributed by atoms with E-state index >= 15 is 0 Å². The second-order valence-corrected chi connectivity index (χ2v) is 2.66. The Bertz CT molecular complexity index is 338. The minimum Gasteiger partial charge on any atom is -0.305 e. The molecule has 0 aromatic carbocycles. The zero-order valence-corrected chi connectivity index (χ0v) is 5.29. The van der Waals surface area contributed by atoms with Crippen LogP contribution >= 0.6 is 11.3 Å². The second-order valence-electron chi connectivity index (χ2n) is 1.74. The smallest absolute Gasteiger partial charge is 0.305 e. The molecule has 0 radical (unpaired) electrons. The predicted octanol–water partition coefficient (Wildman–Crippen LogP) is 0.918. The van der Waals surface area contributed by atoms with Gasteiger partial charge in [-0.25, -0.2) is 4.79 Å². The van der Waals surface area contributed by atoms with Crippen molar-refractivity contribution in [2.24, 2.45) is 0 Å². The number of aromatic nitrogens is 2. The molecule has 0 atom stereocenters. The molecular formula is C5H4N2OS. The molecule has 0 amide bonds. The first kappa shape index (κ1) is 4.81. The maximum atomic E-state index is 10.5. The second kappa shape index (κ2) is 1.48. The number of H-pyrrole nitrogens is 2. The number of nitrogens with one attached hydrogen (secondary N) is 2. The third-order valence-corrected chi connectivity index (χ3v) is 1.97. The number of imidazole rings is 1. The minimum atomic E-state index is -0.128. The molecule has 2 rings (SSSR count). The molecule has 0 fully saturated rings. The van der Waals surface area contributed by atoms with Crippen LogP contribution < -0.4 is 5.69 Å². The summed E-state index contributed by atoms with van der Waals surface area (Å²) in [6, 6.07) is 1.87. The molecule has 4 heteroatoms. The van der Waals surface area contributed by atoms with E-state index < -0.39 is 0 Å². The Hall–Kier alpha value is -1.03. The Morgan fingerprint density at radius 2 is 2.33 bits per heavy atom. The van der Waals surface area contributed by atoms with Crippen LogP contribution in [0.15, 0.2) is 16.2 Å². The predicted molar refractivity (Wildman–Crippen MR) is 36.8 cm³/mol. The van der Waals surface area contributed by atoms with Crippen molar-refractivity contribution in [3.63, 3.8) is 0 Å². The van der Waals surface area contributed by atoms with E-state index in [2.05, 4.69) is 9.97 Å². The molecule has 0 aliphatic heterocycles. The van der Waals surface area contributed by atoms with Crippen LogP contribution in [0.2, 0.25) is 0 Å². The molecule has 0 spiro atoms. The van der Waals surface area contributed by atoms with Gasteiger partial charge in [0.25, 0.3) is 0 Å². The fourth-order valence-corrected chi connectivity index (χ4v) is 1.50. The number of hydrogen-bond acceptors (Lipinski definition) is 2. The van der Waals surface area contributed by atoms with Gasteiger partial charge in [0.2, 0.25) is 0 Å². The fourth-order valence-electron chi connectivity index (χ4n) is 0.761. The molecule has 2 N–H and O–H groups in total. The minimum absolute atomic E-state index is 0.128. The van der Waals surface area contributed by atoms with Gasteiger partial charge >= 0.3 is 5.69 Å². The van der Waals surface area contributed by atoms with Gasteiger partial charge in [0, 0.05) is 0 Å². The van der Waals surface area contributed by atoms with E-state index in [0.717, 1.165) is 10.3 Å². The lowest BCUT2D eigenvalue weighted by Crippen LogP contribution is -1.99. The highest BCUT2D eigenvalue weighted by atomic mass is 32.1. The first-order chi connectivity index (χ1) is 4.36. The average Bonchev–Trinajstić information content (AvgIpc) is 2.22. The van der Waals surface area contributed by atoms with Gasteiger partial charge in [-0.05, 0) is 11.4 Å². The van der Waals surface area contributed by atoms with Crippen molar-refractivity contribution in [1.29, 1.82) is 0 Å². The van der Waals surface area contributed by atoms with Gasteiger partial charge in [0.1, 0.15) is 4.83 Å². The lowest BCUT2D eigenvalue weighted by molar-refractivity contribution is 1.22. The molecule has 0 unspecified atom stereocenters. The van der Waals surface area contributed by atoms with Crippen molar-refractivity contribution in [2.75, 3.05) is 0 Å². The van der Waals surface area contributed by atoms with Crippen LogP contribution in [0.4, 0.5) is 0 Å². The lowest BCUT2D eigenvalue weighted by atomic mass is 10.6. The summed E-state index contributed by atoms with van der Waals surface area (Å²) in [6.45, 7) is 0. The van der Waals surface area contributed by atoms with E-state index in [-0.39, 0.29) is 5.69 Å². The summed E-state index contributed by atoms with van der Waals surface area (Å²) in [5.74, 6) is 0. The maximum absolute atomic E-state index is 10.5. The Balaban J connectivity index is 3.08. The topological polar surface area (TPSA) is 48.6 Å². The molecule has 0 aliphatic rings. The van der Waals surface area contributed by atoms with Gasteiger partial charge < -0.3 is 4.98 Å². The Kier molecular flexibility index (Phi) is 0.790. The molecule has 2 aromatic heterocycles. The summed E-state index contributed by atoms with van der Waals surface area (Å²) >= 11 is 1.52. The van der Waals surface area contributed by atoms with Crippen LogP contribution in [-0.2, 0) is 0 Å². The van der Waals surface area contributed by atoms with E-state index in [9.17, 15) is 4.79 Å². The van der Waals surface area contributed by atoms with Gasteiger partial charge in [-0.2, -0.15) is 0 Å². The van der Waals surface area contributed by atoms with E-state index in [0.29, 0.717) is 0 Å². The van der Waals surface area contributed by atoms with E-state index in [1.54, 1.807) is 0 Å². The van der Waals surface area contributed by atoms with Gasteiger partial charge in [0.05, 0.1) is 5.52 Å². The monoisotopic (exact) mass is 140 g/mol. The van der Waals surface area contributed by atoms with Crippen LogP contribution in [0.25, 0.3) is 10.3 Å². The summed E-state index contributed by atoms with van der Waals surface area (Å²) < 4.78 is 0. The average molecular weight is 140 g/mol. The maximum Gasteiger partial charge on any atom is 0.324 e. The summed E-state index contributed by atoms with van der Waals surface area (Å²) in [4.78, 5) is 16.7. The van der Waals surface area contributed by atoms with Gasteiger partial charge in [0.15, 0.2) is 0 Å². The van der Waals surface area contributed by atoms with Gasteiger partial charge in [-0.3, -0.25) is 4.98 Å². The summed E-state index contributed by atoms with van der Waals surface area (Å²) in [6.07, 6.45) is 0. The summed E-state index contributed by atoms with van der Waals surface area (Å²) in [5, 5.41) is 1.93. The number of fused-ring (bicyclic) bond motifs is 1. The molecule has 0 bridgehead atoms. The van der Waals surface area contributed by atoms with E-state index in [1.807, 2.05) is 11.4 Å². The SMILES string of the molecule is O=c1[nH]c2ccsc2[nH]1. The normalized spacial score (nSPS) is 10.7. The lowest BCUT2D eigenvalue weighted by Gasteiger charge is -1.64. The Labute approximate surface area is 54.3 Å². The van der Waals surface area contributed by atoms with E-state index in [4.69, 9.17) is 0 Å². The van der Waals surface area contributed by atoms with Gasteiger partial charge in [-0.15, -0.1) is 11.3 Å². The zero-order chi connectivity index (χ0) is 6.27. The molecule has 46 valence electrons. The fraction of sp³-hybridized carbons (Fsp3) is 0. The molecule has 0 saturated carbocycles. The Morgan fingerprint density at radius 3 is 3.11 bits per heavy atom. The van der Waals surface area contributed by atoms with Crippen molar-refractivity contribution in [3.05, 3.63) is 21.9 Å². The standard InChI is InChI=1S/C5H4N2OS/c8-5-6-3-1-2-9-4(3)7-5/h1-2H,(H2,6,7,8). The van der Waals surface area contributed by atoms with E-state index in [1.165, 1.54) is 11.3 Å². The number of hydrogen-bond donors (Lipinski definition) is 2. The van der Waals surface area contributed by atoms with Crippen LogP contribution in [0.5, 0.6) is 0 Å². The summed E-state index contributed by atoms with van der Waals surface area (Å²) in [5.41, 5.74) is 0.766. The van der Waals surface area contributed by atoms with Crippen LogP contribution in [0.3, 0.4) is 0 Å². The van der Waals surface area contributed by atoms with Gasteiger partial charge in [-0.1, -0.05) is 0 Å². The highest BCUT2D eigenvalue weighted by molar-refractivity contribution is 7.16.